The molecule has 3 rings (SSSR count). The maximum absolute atomic E-state index is 12.2. The van der Waals surface area contributed by atoms with Gasteiger partial charge in [-0.15, -0.1) is 0 Å². The third-order valence-corrected chi connectivity index (χ3v) is 8.28. The van der Waals surface area contributed by atoms with Gasteiger partial charge in [-0.05, 0) is 18.6 Å². The molecule has 1 N–H and O–H groups in total. The number of rotatable bonds is 5. The van der Waals surface area contributed by atoms with Gasteiger partial charge < -0.3 is 10.0 Å². The molecule has 146 valence electrons. The lowest BCUT2D eigenvalue weighted by Crippen LogP contribution is -2.38. The number of fused-ring (bicyclic) bond motifs is 1. The first-order valence-corrected chi connectivity index (χ1v) is 11.6. The molecule has 27 heavy (non-hydrogen) atoms. The predicted octanol–water partition coefficient (Wildman–Crippen LogP) is 2.85. The number of aliphatic imine (C=N–C) groups is 1. The highest BCUT2D eigenvalue weighted by molar-refractivity contribution is 8.16. The smallest absolute Gasteiger partial charge is 0.303 e. The van der Waals surface area contributed by atoms with E-state index in [9.17, 15) is 18.0 Å². The first kappa shape index (κ1) is 20.4. The number of amides is 1. The summed E-state index contributed by atoms with van der Waals surface area (Å²) in [6.07, 6.45) is 0.0763. The quantitative estimate of drug-likeness (QED) is 0.734. The monoisotopic (exact) mass is 450 g/mol. The van der Waals surface area contributed by atoms with Crippen LogP contribution in [0.5, 0.6) is 0 Å². The van der Waals surface area contributed by atoms with Crippen molar-refractivity contribution in [2.45, 2.75) is 30.6 Å². The summed E-state index contributed by atoms with van der Waals surface area (Å²) in [5.74, 6) is -1.48. The van der Waals surface area contributed by atoms with E-state index < -0.39 is 21.7 Å². The molecular weight excluding hydrogens is 435 g/mol. The maximum atomic E-state index is 12.2. The SMILES string of the molecule is O=C(O)CCCC(=O)N=C1S[C@@H]2CS(=O)(=O)C[C@H]2N1c1cccc(Cl)c1Cl. The highest BCUT2D eigenvalue weighted by Gasteiger charge is 2.49. The van der Waals surface area contributed by atoms with Gasteiger partial charge in [0.2, 0.25) is 5.91 Å². The third kappa shape index (κ3) is 4.59. The molecule has 0 spiro atoms. The van der Waals surface area contributed by atoms with Crippen LogP contribution in [0.2, 0.25) is 10.0 Å². The highest BCUT2D eigenvalue weighted by Crippen LogP contribution is 2.44. The lowest BCUT2D eigenvalue weighted by atomic mass is 10.2. The van der Waals surface area contributed by atoms with Crippen molar-refractivity contribution < 1.29 is 23.1 Å². The molecule has 1 aromatic rings. The second-order valence-corrected chi connectivity index (χ2v) is 10.4. The molecule has 1 amide bonds. The molecule has 11 heteroatoms. The zero-order chi connectivity index (χ0) is 19.8. The number of halogens is 2. The minimum Gasteiger partial charge on any atom is -0.481 e. The molecule has 7 nitrogen and oxygen atoms in total. The standard InChI is InChI=1S/C16H16Cl2N2O5S2/c17-9-3-1-4-10(15(9)18)20-11-7-27(24,25)8-12(11)26-16(20)19-13(21)5-2-6-14(22)23/h1,3-4,11-12H,2,5-8H2,(H,22,23)/t11-,12-/m1/s1. The first-order chi connectivity index (χ1) is 12.7. The maximum Gasteiger partial charge on any atom is 0.303 e. The summed E-state index contributed by atoms with van der Waals surface area (Å²) in [6, 6.07) is 4.62. The number of aliphatic carboxylic acids is 1. The molecule has 1 aromatic carbocycles. The second-order valence-electron chi connectivity index (χ2n) is 6.28. The number of benzene rings is 1. The molecule has 2 atom stereocenters. The predicted molar refractivity (Wildman–Crippen MR) is 107 cm³/mol. The number of carbonyl (C=O) groups is 2. The topological polar surface area (TPSA) is 104 Å². The van der Waals surface area contributed by atoms with Crippen LogP contribution in [0.15, 0.2) is 23.2 Å². The van der Waals surface area contributed by atoms with Crippen molar-refractivity contribution in [1.82, 2.24) is 0 Å². The number of hydrogen-bond acceptors (Lipinski definition) is 5. The Hall–Kier alpha value is -1.29. The fourth-order valence-electron chi connectivity index (χ4n) is 3.08. The van der Waals surface area contributed by atoms with Gasteiger partial charge in [0.25, 0.3) is 0 Å². The van der Waals surface area contributed by atoms with Gasteiger partial charge in [-0.2, -0.15) is 4.99 Å². The number of carboxylic acid groups (broad SMARTS) is 1. The molecule has 2 aliphatic heterocycles. The minimum absolute atomic E-state index is 0.00110. The van der Waals surface area contributed by atoms with Gasteiger partial charge in [0.1, 0.15) is 0 Å². The number of hydrogen-bond donors (Lipinski definition) is 1. The average molecular weight is 451 g/mol. The Balaban J connectivity index is 1.91. The Morgan fingerprint density at radius 2 is 2.00 bits per heavy atom. The molecule has 0 bridgehead atoms. The van der Waals surface area contributed by atoms with Crippen molar-refractivity contribution in [3.05, 3.63) is 28.2 Å². The Kier molecular flexibility index (Phi) is 6.05. The second kappa shape index (κ2) is 7.98. The van der Waals surface area contributed by atoms with Gasteiger partial charge in [0, 0.05) is 18.1 Å². The number of nitrogens with zero attached hydrogens (tertiary/aromatic N) is 2. The molecule has 2 saturated heterocycles. The number of anilines is 1. The lowest BCUT2D eigenvalue weighted by Gasteiger charge is -2.25. The van der Waals surface area contributed by atoms with Gasteiger partial charge in [0.15, 0.2) is 15.0 Å². The zero-order valence-corrected chi connectivity index (χ0v) is 17.1. The lowest BCUT2D eigenvalue weighted by molar-refractivity contribution is -0.137. The van der Waals surface area contributed by atoms with Crippen LogP contribution in [-0.4, -0.2) is 53.4 Å². The van der Waals surface area contributed by atoms with E-state index in [1.807, 2.05) is 0 Å². The molecule has 0 unspecified atom stereocenters. The Bertz CT molecular complexity index is 919. The number of thioether (sulfide) groups is 1. The van der Waals surface area contributed by atoms with E-state index >= 15 is 0 Å². The molecule has 2 aliphatic rings. The Morgan fingerprint density at radius 3 is 2.70 bits per heavy atom. The minimum atomic E-state index is -3.19. The van der Waals surface area contributed by atoms with Crippen molar-refractivity contribution in [2.24, 2.45) is 4.99 Å². The number of sulfone groups is 1. The summed E-state index contributed by atoms with van der Waals surface area (Å²) in [7, 11) is -3.19. The molecule has 0 aliphatic carbocycles. The summed E-state index contributed by atoms with van der Waals surface area (Å²) < 4.78 is 24.1. The van der Waals surface area contributed by atoms with E-state index in [0.29, 0.717) is 15.9 Å². The molecule has 0 saturated carbocycles. The summed E-state index contributed by atoms with van der Waals surface area (Å²) in [5.41, 5.74) is 0.498. The van der Waals surface area contributed by atoms with Gasteiger partial charge in [0.05, 0.1) is 33.3 Å². The van der Waals surface area contributed by atoms with Crippen LogP contribution in [0.4, 0.5) is 5.69 Å². The summed E-state index contributed by atoms with van der Waals surface area (Å²) in [4.78, 5) is 28.5. The van der Waals surface area contributed by atoms with Crippen LogP contribution < -0.4 is 4.90 Å². The van der Waals surface area contributed by atoms with Crippen LogP contribution in [0.3, 0.4) is 0 Å². The number of amidine groups is 1. The van der Waals surface area contributed by atoms with E-state index in [2.05, 4.69) is 4.99 Å². The summed E-state index contributed by atoms with van der Waals surface area (Å²) in [6.45, 7) is 0. The Morgan fingerprint density at radius 1 is 1.26 bits per heavy atom. The third-order valence-electron chi connectivity index (χ3n) is 4.26. The molecule has 2 fully saturated rings. The van der Waals surface area contributed by atoms with E-state index in [4.69, 9.17) is 28.3 Å². The number of carboxylic acids is 1. The van der Waals surface area contributed by atoms with Crippen LogP contribution in [0.1, 0.15) is 19.3 Å². The summed E-state index contributed by atoms with van der Waals surface area (Å²) in [5, 5.41) is 9.36. The van der Waals surface area contributed by atoms with Crippen molar-refractivity contribution in [2.75, 3.05) is 16.4 Å². The fourth-order valence-corrected chi connectivity index (χ4v) is 7.39. The fraction of sp³-hybridized carbons (Fsp3) is 0.438. The van der Waals surface area contributed by atoms with Crippen molar-refractivity contribution >= 4 is 67.5 Å². The van der Waals surface area contributed by atoms with Gasteiger partial charge >= 0.3 is 5.97 Å². The first-order valence-electron chi connectivity index (χ1n) is 8.11. The van der Waals surface area contributed by atoms with Crippen LogP contribution in [0.25, 0.3) is 0 Å². The molecule has 0 radical (unpaired) electrons. The molecule has 0 aromatic heterocycles. The van der Waals surface area contributed by atoms with Crippen LogP contribution in [0, 0.1) is 0 Å². The molecule has 2 heterocycles. The molecular formula is C16H16Cl2N2O5S2. The van der Waals surface area contributed by atoms with Crippen LogP contribution in [-0.2, 0) is 19.4 Å². The Labute approximate surface area is 170 Å². The highest BCUT2D eigenvalue weighted by atomic mass is 35.5. The largest absolute Gasteiger partial charge is 0.481 e. The van der Waals surface area contributed by atoms with E-state index in [1.165, 1.54) is 11.8 Å². The van der Waals surface area contributed by atoms with Crippen molar-refractivity contribution in [3.8, 4) is 0 Å². The van der Waals surface area contributed by atoms with E-state index in [0.717, 1.165) is 0 Å². The van der Waals surface area contributed by atoms with Gasteiger partial charge in [-0.3, -0.25) is 9.59 Å². The normalized spacial score (nSPS) is 25.0. The van der Waals surface area contributed by atoms with Crippen LogP contribution >= 0.6 is 35.0 Å². The van der Waals surface area contributed by atoms with Crippen molar-refractivity contribution in [3.63, 3.8) is 0 Å². The average Bonchev–Trinajstić information content (AvgIpc) is 3.01. The number of carbonyl (C=O) groups excluding carboxylic acids is 1. The zero-order valence-electron chi connectivity index (χ0n) is 14.0. The van der Waals surface area contributed by atoms with Gasteiger partial charge in [-0.25, -0.2) is 8.42 Å². The van der Waals surface area contributed by atoms with Gasteiger partial charge in [-0.1, -0.05) is 41.0 Å². The van der Waals surface area contributed by atoms with E-state index in [-0.39, 0.29) is 47.1 Å². The van der Waals surface area contributed by atoms with E-state index in [1.54, 1.807) is 23.1 Å². The summed E-state index contributed by atoms with van der Waals surface area (Å²) >= 11 is 13.6. The van der Waals surface area contributed by atoms with Crippen molar-refractivity contribution in [1.29, 1.82) is 0 Å².